The molecule has 0 spiro atoms. The molecule has 0 heterocycles. The maximum atomic E-state index is 13.3. The molecule has 242 valence electrons. The zero-order chi connectivity index (χ0) is 33.3. The van der Waals surface area contributed by atoms with Gasteiger partial charge in [-0.25, -0.2) is 4.79 Å². The van der Waals surface area contributed by atoms with Crippen LogP contribution in [0.2, 0.25) is 1.41 Å². The van der Waals surface area contributed by atoms with Crippen LogP contribution in [0.25, 0.3) is 11.1 Å². The number of hydrogen-bond acceptors (Lipinski definition) is 8. The van der Waals surface area contributed by atoms with Gasteiger partial charge in [0, 0.05) is 49.6 Å². The van der Waals surface area contributed by atoms with Gasteiger partial charge < -0.3 is 35.4 Å². The highest BCUT2D eigenvalue weighted by Gasteiger charge is 2.33. The highest BCUT2D eigenvalue weighted by atomic mass is 16.5. The molecule has 0 saturated carbocycles. The summed E-state index contributed by atoms with van der Waals surface area (Å²) in [6.45, 7) is 7.49. The van der Waals surface area contributed by atoms with Crippen LogP contribution in [0.5, 0.6) is 0 Å². The molecule has 0 fully saturated rings. The number of anilines is 1. The van der Waals surface area contributed by atoms with Crippen LogP contribution in [0.3, 0.4) is 0 Å². The molecule has 3 amide bonds. The molecule has 1 unspecified atom stereocenters. The van der Waals surface area contributed by atoms with E-state index >= 15 is 0 Å². The van der Waals surface area contributed by atoms with E-state index in [0.717, 1.165) is 35.1 Å². The zero-order valence-corrected chi connectivity index (χ0v) is 25.8. The van der Waals surface area contributed by atoms with Gasteiger partial charge in [-0.15, -0.1) is 0 Å². The maximum absolute atomic E-state index is 13.3. The number of allylic oxidation sites excluding steroid dienone is 1. The summed E-state index contributed by atoms with van der Waals surface area (Å²) >= 11 is 0. The second-order valence-corrected chi connectivity index (χ2v) is 10.7. The lowest BCUT2D eigenvalue weighted by Crippen LogP contribution is -2.27. The van der Waals surface area contributed by atoms with Crippen LogP contribution in [0.15, 0.2) is 48.7 Å². The molecule has 0 aromatic heterocycles. The van der Waals surface area contributed by atoms with E-state index in [1.807, 2.05) is 12.1 Å². The van der Waals surface area contributed by atoms with E-state index in [1.54, 1.807) is 30.0 Å². The number of ketones is 1. The highest BCUT2D eigenvalue weighted by Crippen LogP contribution is 2.47. The van der Waals surface area contributed by atoms with E-state index in [4.69, 9.17) is 15.6 Å². The number of unbranched alkanes of at least 4 members (excludes halogenated alkanes) is 1. The lowest BCUT2D eigenvalue weighted by molar-refractivity contribution is -0.121. The van der Waals surface area contributed by atoms with Crippen molar-refractivity contribution >= 4 is 35.7 Å². The first-order chi connectivity index (χ1) is 22.3. The van der Waals surface area contributed by atoms with Gasteiger partial charge in [0.1, 0.15) is 12.9 Å². The van der Waals surface area contributed by atoms with Gasteiger partial charge in [-0.05, 0) is 53.6 Å². The molecule has 2 aromatic rings. The third-order valence-corrected chi connectivity index (χ3v) is 7.32. The molecule has 11 nitrogen and oxygen atoms in total. The maximum Gasteiger partial charge on any atom is 0.404 e. The number of fused-ring (bicyclic) bond motifs is 3. The number of benzene rings is 2. The lowest BCUT2D eigenvalue weighted by Gasteiger charge is -2.14. The summed E-state index contributed by atoms with van der Waals surface area (Å²) in [5.74, 6) is -0.562. The molecule has 1 aliphatic rings. The van der Waals surface area contributed by atoms with E-state index in [9.17, 15) is 24.0 Å². The van der Waals surface area contributed by atoms with Gasteiger partial charge in [-0.3, -0.25) is 14.4 Å². The standard InChI is InChI=1S/C34H43N3O8/c1-3-4-18-43-20-16-36-31(40)11-6-12-32(41)37-24-13-14-26-28(21-24)29(22-45-34(35)42)25-8-5-9-27(33(25)26)30(39)10-7-19-44-23(2)15-17-38/h5,8-9,13-14,17,21,29H,2-4,6-7,10-12,15-16,18-20,22H2,1H3,(H2,35,42)(H,36,40)(H,37,41)/i/hD. The van der Waals surface area contributed by atoms with Gasteiger partial charge in [0.05, 0.1) is 25.4 Å². The number of aldehydes is 1. The number of nitrogens with two attached hydrogens (primary N) is 1. The third kappa shape index (κ3) is 10.9. The fourth-order valence-electron chi connectivity index (χ4n) is 5.12. The fraction of sp³-hybridized carbons (Fsp3) is 0.441. The van der Waals surface area contributed by atoms with Crippen LogP contribution in [0, 0.1) is 0 Å². The van der Waals surface area contributed by atoms with Crippen LogP contribution >= 0.6 is 0 Å². The Balaban J connectivity index is 1.66. The number of nitrogens with one attached hydrogen (secondary N) is 2. The van der Waals surface area contributed by atoms with E-state index in [-0.39, 0.29) is 56.5 Å². The number of carbonyl (C=O) groups excluding carboxylic acids is 5. The normalized spacial score (nSPS) is 13.1. The topological polar surface area (TPSA) is 163 Å². The van der Waals surface area contributed by atoms with Crippen molar-refractivity contribution in [1.82, 2.24) is 5.32 Å². The van der Waals surface area contributed by atoms with Crippen LogP contribution < -0.4 is 16.4 Å². The first-order valence-corrected chi connectivity index (χ1v) is 15.3. The summed E-state index contributed by atoms with van der Waals surface area (Å²) < 4.78 is 23.2. The minimum atomic E-state index is -0.907. The number of ether oxygens (including phenoxy) is 3. The largest absolute Gasteiger partial charge is 0.498 e. The van der Waals surface area contributed by atoms with Gasteiger partial charge in [0.15, 0.2) is 7.20 Å². The van der Waals surface area contributed by atoms with E-state index < -0.39 is 12.0 Å². The smallest absolute Gasteiger partial charge is 0.404 e. The van der Waals surface area contributed by atoms with Crippen molar-refractivity contribution in [1.29, 1.82) is 0 Å². The van der Waals surface area contributed by atoms with E-state index in [0.29, 0.717) is 55.9 Å². The molecule has 0 radical (unpaired) electrons. The van der Waals surface area contributed by atoms with E-state index in [1.165, 1.54) is 0 Å². The summed E-state index contributed by atoms with van der Waals surface area (Å²) in [7, 11) is 0. The van der Waals surface area contributed by atoms with Crippen LogP contribution in [0.4, 0.5) is 10.5 Å². The Morgan fingerprint density at radius 1 is 0.978 bits per heavy atom. The van der Waals surface area contributed by atoms with Crippen LogP contribution in [0.1, 0.15) is 85.7 Å². The molecular weight excluding hydrogens is 578 g/mol. The second-order valence-electron chi connectivity index (χ2n) is 10.7. The van der Waals surface area contributed by atoms with Crippen molar-refractivity contribution in [2.45, 2.75) is 64.2 Å². The molecule has 3 rings (SSSR count). The van der Waals surface area contributed by atoms with Crippen molar-refractivity contribution in [2.75, 3.05) is 38.3 Å². The molecule has 1 atom stereocenters. The Hall–Kier alpha value is -4.51. The van der Waals surface area contributed by atoms with Crippen molar-refractivity contribution in [2.24, 2.45) is 5.73 Å². The summed E-state index contributed by atoms with van der Waals surface area (Å²) in [6, 6.07) is 10.8. The molecule has 0 saturated heterocycles. The van der Waals surface area contributed by atoms with Gasteiger partial charge in [-0.1, -0.05) is 44.2 Å². The van der Waals surface area contributed by atoms with Gasteiger partial charge in [0.25, 0.3) is 0 Å². The average molecular weight is 623 g/mol. The third-order valence-electron chi connectivity index (χ3n) is 7.32. The minimum absolute atomic E-state index is 0.0782. The molecule has 0 bridgehead atoms. The predicted octanol–water partition coefficient (Wildman–Crippen LogP) is 5.02. The summed E-state index contributed by atoms with van der Waals surface area (Å²) in [5, 5.41) is 5.67. The minimum Gasteiger partial charge on any atom is -0.498 e. The lowest BCUT2D eigenvalue weighted by atomic mass is 9.93. The van der Waals surface area contributed by atoms with Gasteiger partial charge in [-0.2, -0.15) is 0 Å². The highest BCUT2D eigenvalue weighted by molar-refractivity contribution is 6.05. The first kappa shape index (κ1) is 33.4. The Kier molecular flexibility index (Phi) is 13.6. The zero-order valence-electron chi connectivity index (χ0n) is 26.8. The number of rotatable bonds is 21. The van der Waals surface area contributed by atoms with Gasteiger partial charge in [0.2, 0.25) is 11.8 Å². The Bertz CT molecular complexity index is 1400. The number of carbonyl (C=O) groups is 5. The summed E-state index contributed by atoms with van der Waals surface area (Å²) in [4.78, 5) is 60.5. The molecule has 1 aliphatic carbocycles. The number of Topliss-reactive ketones (excluding diaryl/α,β-unsaturated/α-hetero) is 1. The first-order valence-electron chi connectivity index (χ1n) is 15.8. The molecular formula is C34H43N3O8. The SMILES string of the molecule is [2H]NC(=O)OCC1c2cc(NC(=O)CCCC(=O)NCCOCCCC)ccc2-c2c(C(=O)CCCOC(=C)CC=O)cccc21. The molecule has 45 heavy (non-hydrogen) atoms. The number of primary amides is 1. The molecule has 0 aliphatic heterocycles. The molecule has 11 heteroatoms. The Labute approximate surface area is 265 Å². The van der Waals surface area contributed by atoms with Crippen LogP contribution in [-0.2, 0) is 28.6 Å². The average Bonchev–Trinajstić information content (AvgIpc) is 3.36. The quantitative estimate of drug-likeness (QED) is 0.0756. The number of amides is 3. The molecule has 4 N–H and O–H groups in total. The van der Waals surface area contributed by atoms with Gasteiger partial charge >= 0.3 is 6.09 Å². The fourth-order valence-corrected chi connectivity index (χ4v) is 5.12. The summed E-state index contributed by atoms with van der Waals surface area (Å²) in [6.07, 6.45) is 3.33. The van der Waals surface area contributed by atoms with Crippen molar-refractivity contribution in [3.8, 4) is 11.1 Å². The van der Waals surface area contributed by atoms with Crippen molar-refractivity contribution < 1.29 is 39.6 Å². The van der Waals surface area contributed by atoms with Crippen molar-refractivity contribution in [3.63, 3.8) is 0 Å². The Morgan fingerprint density at radius 2 is 1.80 bits per heavy atom. The number of hydrogen-bond donors (Lipinski definition) is 3. The Morgan fingerprint density at radius 3 is 2.58 bits per heavy atom. The van der Waals surface area contributed by atoms with Crippen molar-refractivity contribution in [3.05, 3.63) is 65.4 Å². The monoisotopic (exact) mass is 622 g/mol. The molecule has 2 aromatic carbocycles. The summed E-state index contributed by atoms with van der Waals surface area (Å²) in [5.41, 5.74) is 5.81. The van der Waals surface area contributed by atoms with Crippen LogP contribution in [-0.4, -0.2) is 62.9 Å². The predicted molar refractivity (Wildman–Crippen MR) is 170 cm³/mol. The van der Waals surface area contributed by atoms with E-state index in [2.05, 4.69) is 24.1 Å². The second kappa shape index (κ2) is 18.3.